The van der Waals surface area contributed by atoms with Gasteiger partial charge in [0.2, 0.25) is 10.0 Å². The van der Waals surface area contributed by atoms with Crippen molar-refractivity contribution in [3.05, 3.63) is 28.8 Å². The predicted octanol–water partition coefficient (Wildman–Crippen LogP) is 1.60. The van der Waals surface area contributed by atoms with Crippen LogP contribution in [0.15, 0.2) is 23.1 Å². The van der Waals surface area contributed by atoms with Crippen molar-refractivity contribution in [2.45, 2.75) is 24.3 Å². The van der Waals surface area contributed by atoms with Gasteiger partial charge in [-0.25, -0.2) is 8.42 Å². The van der Waals surface area contributed by atoms with Gasteiger partial charge < -0.3 is 5.11 Å². The molecule has 108 valence electrons. The number of β-amino-alcohol motifs (C(OH)–C–C–N with tert-alkyl or cyclic N) is 1. The second kappa shape index (κ2) is 5.70. The quantitative estimate of drug-likeness (QED) is 0.899. The zero-order valence-electron chi connectivity index (χ0n) is 11.0. The van der Waals surface area contributed by atoms with Gasteiger partial charge in [-0.15, -0.1) is 0 Å². The fourth-order valence-corrected chi connectivity index (χ4v) is 4.15. The second-order valence-corrected chi connectivity index (χ2v) is 7.27. The minimum atomic E-state index is -3.74. The van der Waals surface area contributed by atoms with E-state index in [4.69, 9.17) is 16.9 Å². The van der Waals surface area contributed by atoms with Gasteiger partial charge in [-0.2, -0.15) is 9.57 Å². The first-order valence-corrected chi connectivity index (χ1v) is 8.06. The third-order valence-corrected chi connectivity index (χ3v) is 5.91. The lowest BCUT2D eigenvalue weighted by Crippen LogP contribution is -2.45. The molecule has 0 spiro atoms. The molecule has 7 heteroatoms. The van der Waals surface area contributed by atoms with Gasteiger partial charge in [0.1, 0.15) is 4.90 Å². The fraction of sp³-hybridized carbons (Fsp3) is 0.462. The van der Waals surface area contributed by atoms with Crippen molar-refractivity contribution in [2.24, 2.45) is 5.92 Å². The summed E-state index contributed by atoms with van der Waals surface area (Å²) in [7, 11) is -3.74. The van der Waals surface area contributed by atoms with Crippen molar-refractivity contribution in [2.75, 3.05) is 13.1 Å². The Morgan fingerprint density at radius 1 is 1.50 bits per heavy atom. The average molecular weight is 315 g/mol. The number of aliphatic hydroxyl groups excluding tert-OH is 1. The van der Waals surface area contributed by atoms with Crippen molar-refractivity contribution >= 4 is 21.6 Å². The van der Waals surface area contributed by atoms with E-state index in [1.165, 1.54) is 22.5 Å². The van der Waals surface area contributed by atoms with E-state index in [1.807, 2.05) is 13.0 Å². The maximum absolute atomic E-state index is 12.5. The van der Waals surface area contributed by atoms with E-state index in [9.17, 15) is 13.5 Å². The van der Waals surface area contributed by atoms with Crippen molar-refractivity contribution in [1.29, 1.82) is 5.26 Å². The zero-order valence-corrected chi connectivity index (χ0v) is 12.5. The Kier molecular flexibility index (Phi) is 4.35. The number of sulfonamides is 1. The fourth-order valence-electron chi connectivity index (χ4n) is 2.16. The van der Waals surface area contributed by atoms with Crippen LogP contribution < -0.4 is 0 Å². The molecule has 1 aromatic rings. The zero-order chi connectivity index (χ0) is 14.9. The maximum atomic E-state index is 12.5. The van der Waals surface area contributed by atoms with Crippen molar-refractivity contribution in [3.63, 3.8) is 0 Å². The first-order valence-electron chi connectivity index (χ1n) is 6.24. The van der Waals surface area contributed by atoms with Crippen LogP contribution in [0.4, 0.5) is 0 Å². The summed E-state index contributed by atoms with van der Waals surface area (Å²) in [5, 5.41) is 18.6. The molecule has 0 amide bonds. The molecule has 5 nitrogen and oxygen atoms in total. The highest BCUT2D eigenvalue weighted by atomic mass is 35.5. The lowest BCUT2D eigenvalue weighted by atomic mass is 9.98. The van der Waals surface area contributed by atoms with E-state index in [0.29, 0.717) is 18.5 Å². The second-order valence-electron chi connectivity index (χ2n) is 4.95. The smallest absolute Gasteiger partial charge is 0.244 e. The molecular formula is C13H15ClN2O3S. The number of rotatable bonds is 2. The van der Waals surface area contributed by atoms with Crippen LogP contribution in [0.25, 0.3) is 0 Å². The summed E-state index contributed by atoms with van der Waals surface area (Å²) in [5.41, 5.74) is 0.307. The highest BCUT2D eigenvalue weighted by molar-refractivity contribution is 7.89. The molecule has 1 heterocycles. The van der Waals surface area contributed by atoms with Gasteiger partial charge in [-0.1, -0.05) is 18.5 Å². The molecule has 1 saturated heterocycles. The molecular weight excluding hydrogens is 300 g/mol. The van der Waals surface area contributed by atoms with Gasteiger partial charge in [0.15, 0.2) is 0 Å². The Morgan fingerprint density at radius 3 is 2.75 bits per heavy atom. The molecule has 1 fully saturated rings. The predicted molar refractivity (Wildman–Crippen MR) is 74.7 cm³/mol. The average Bonchev–Trinajstić information content (AvgIpc) is 2.41. The number of nitrogens with zero attached hydrogens (tertiary/aromatic N) is 2. The van der Waals surface area contributed by atoms with Gasteiger partial charge >= 0.3 is 0 Å². The molecule has 1 N–H and O–H groups in total. The Bertz CT molecular complexity index is 654. The standard InChI is InChI=1S/C13H15ClN2O3S/c1-9-4-5-16(8-12(9)17)20(18,19)13-3-2-10(7-15)6-11(13)14/h2-3,6,9,12,17H,4-5,8H2,1H3/t9-,12-/m0/s1. The summed E-state index contributed by atoms with van der Waals surface area (Å²) in [5.74, 6) is 0.0814. The topological polar surface area (TPSA) is 81.4 Å². The summed E-state index contributed by atoms with van der Waals surface area (Å²) in [6, 6.07) is 5.99. The number of hydrogen-bond acceptors (Lipinski definition) is 4. The van der Waals surface area contributed by atoms with Gasteiger partial charge in [0.25, 0.3) is 0 Å². The summed E-state index contributed by atoms with van der Waals surface area (Å²) in [6.45, 7) is 2.32. The van der Waals surface area contributed by atoms with Gasteiger partial charge in [-0.05, 0) is 30.5 Å². The highest BCUT2D eigenvalue weighted by Gasteiger charge is 2.33. The minimum absolute atomic E-state index is 0.0251. The summed E-state index contributed by atoms with van der Waals surface area (Å²) in [6.07, 6.45) is -0.0652. The summed E-state index contributed by atoms with van der Waals surface area (Å²) >= 11 is 5.96. The minimum Gasteiger partial charge on any atom is -0.391 e. The third kappa shape index (κ3) is 2.81. The van der Waals surface area contributed by atoms with Crippen LogP contribution in [-0.4, -0.2) is 37.0 Å². The lowest BCUT2D eigenvalue weighted by Gasteiger charge is -2.33. The number of benzene rings is 1. The van der Waals surface area contributed by atoms with E-state index < -0.39 is 16.1 Å². The van der Waals surface area contributed by atoms with Crippen LogP contribution >= 0.6 is 11.6 Å². The van der Waals surface area contributed by atoms with E-state index in [1.54, 1.807) is 0 Å². The monoisotopic (exact) mass is 314 g/mol. The first kappa shape index (κ1) is 15.3. The third-order valence-electron chi connectivity index (χ3n) is 3.56. The molecule has 1 aromatic carbocycles. The Hall–Kier alpha value is -1.13. The van der Waals surface area contributed by atoms with E-state index >= 15 is 0 Å². The number of aliphatic hydroxyl groups is 1. The van der Waals surface area contributed by atoms with Gasteiger partial charge in [0, 0.05) is 13.1 Å². The molecule has 1 aliphatic heterocycles. The summed E-state index contributed by atoms with van der Waals surface area (Å²) in [4.78, 5) is -0.0279. The Labute approximate surface area is 123 Å². The molecule has 0 unspecified atom stereocenters. The van der Waals surface area contributed by atoms with Crippen molar-refractivity contribution in [3.8, 4) is 6.07 Å². The van der Waals surface area contributed by atoms with Crippen LogP contribution in [0.1, 0.15) is 18.9 Å². The lowest BCUT2D eigenvalue weighted by molar-refractivity contribution is 0.0605. The molecule has 0 aliphatic carbocycles. The van der Waals surface area contributed by atoms with Crippen LogP contribution in [0, 0.1) is 17.2 Å². The largest absolute Gasteiger partial charge is 0.391 e. The highest BCUT2D eigenvalue weighted by Crippen LogP contribution is 2.28. The first-order chi connectivity index (χ1) is 9.36. The van der Waals surface area contributed by atoms with E-state index in [2.05, 4.69) is 0 Å². The molecule has 1 aliphatic rings. The molecule has 0 radical (unpaired) electrons. The Morgan fingerprint density at radius 2 is 2.20 bits per heavy atom. The van der Waals surface area contributed by atoms with E-state index in [0.717, 1.165) is 0 Å². The number of piperidine rings is 1. The molecule has 2 atom stereocenters. The normalized spacial score (nSPS) is 24.3. The van der Waals surface area contributed by atoms with Crippen LogP contribution in [0.5, 0.6) is 0 Å². The number of hydrogen-bond donors (Lipinski definition) is 1. The van der Waals surface area contributed by atoms with Crippen molar-refractivity contribution < 1.29 is 13.5 Å². The van der Waals surface area contributed by atoms with Crippen LogP contribution in [-0.2, 0) is 10.0 Å². The Balaban J connectivity index is 2.34. The van der Waals surface area contributed by atoms with Crippen LogP contribution in [0.2, 0.25) is 5.02 Å². The van der Waals surface area contributed by atoms with Gasteiger partial charge in [-0.3, -0.25) is 0 Å². The molecule has 20 heavy (non-hydrogen) atoms. The summed E-state index contributed by atoms with van der Waals surface area (Å²) < 4.78 is 26.3. The maximum Gasteiger partial charge on any atom is 0.244 e. The van der Waals surface area contributed by atoms with E-state index in [-0.39, 0.29) is 22.4 Å². The molecule has 2 rings (SSSR count). The molecule has 0 bridgehead atoms. The SMILES string of the molecule is C[C@H]1CCN(S(=O)(=O)c2ccc(C#N)cc2Cl)C[C@@H]1O. The van der Waals surface area contributed by atoms with Crippen LogP contribution in [0.3, 0.4) is 0 Å². The molecule has 0 aromatic heterocycles. The number of halogens is 1. The molecule has 0 saturated carbocycles. The number of nitriles is 1. The van der Waals surface area contributed by atoms with Crippen molar-refractivity contribution in [1.82, 2.24) is 4.31 Å². The van der Waals surface area contributed by atoms with Gasteiger partial charge in [0.05, 0.1) is 22.8 Å².